The van der Waals surface area contributed by atoms with E-state index in [0.717, 1.165) is 31.4 Å². The van der Waals surface area contributed by atoms with Gasteiger partial charge in [0.15, 0.2) is 5.82 Å². The van der Waals surface area contributed by atoms with E-state index in [1.807, 2.05) is 0 Å². The van der Waals surface area contributed by atoms with Crippen LogP contribution in [0.15, 0.2) is 12.1 Å². The van der Waals surface area contributed by atoms with Crippen LogP contribution in [0.4, 0.5) is 14.5 Å². The van der Waals surface area contributed by atoms with Gasteiger partial charge in [-0.05, 0) is 19.3 Å². The fraction of sp³-hybridized carbons (Fsp3) is 0.538. The quantitative estimate of drug-likeness (QED) is 0.847. The lowest BCUT2D eigenvalue weighted by atomic mass is 9.95. The van der Waals surface area contributed by atoms with E-state index < -0.39 is 11.6 Å². The van der Waals surface area contributed by atoms with E-state index in [9.17, 15) is 8.78 Å². The Hall–Kier alpha value is -1.36. The van der Waals surface area contributed by atoms with Gasteiger partial charge in [-0.1, -0.05) is 0 Å². The first-order chi connectivity index (χ1) is 8.60. The van der Waals surface area contributed by atoms with E-state index in [4.69, 9.17) is 15.2 Å². The standard InChI is InChI=1S/C13H17F2NO2/c1-17-9-3-2-4-10(7-9)18-12-6-8(14)5-11(15)13(12)16/h5-6,9-10H,2-4,7,16H2,1H3. The fourth-order valence-electron chi connectivity index (χ4n) is 2.26. The third-order valence-electron chi connectivity index (χ3n) is 3.26. The summed E-state index contributed by atoms with van der Waals surface area (Å²) in [7, 11) is 1.66. The molecule has 1 aromatic rings. The Balaban J connectivity index is 2.09. The van der Waals surface area contributed by atoms with Gasteiger partial charge in [0.25, 0.3) is 0 Å². The zero-order chi connectivity index (χ0) is 13.1. The third kappa shape index (κ3) is 2.90. The molecule has 18 heavy (non-hydrogen) atoms. The number of benzene rings is 1. The summed E-state index contributed by atoms with van der Waals surface area (Å²) in [5, 5.41) is 0. The van der Waals surface area contributed by atoms with Crippen molar-refractivity contribution in [1.82, 2.24) is 0 Å². The van der Waals surface area contributed by atoms with E-state index in [1.165, 1.54) is 0 Å². The van der Waals surface area contributed by atoms with Gasteiger partial charge < -0.3 is 15.2 Å². The van der Waals surface area contributed by atoms with Crippen LogP contribution in [0.1, 0.15) is 25.7 Å². The van der Waals surface area contributed by atoms with Gasteiger partial charge in [-0.2, -0.15) is 0 Å². The number of nitrogen functional groups attached to an aromatic ring is 1. The van der Waals surface area contributed by atoms with Crippen molar-refractivity contribution in [2.24, 2.45) is 0 Å². The molecule has 2 atom stereocenters. The average Bonchev–Trinajstić information content (AvgIpc) is 2.35. The maximum atomic E-state index is 13.3. The Morgan fingerprint density at radius 3 is 2.67 bits per heavy atom. The smallest absolute Gasteiger partial charge is 0.152 e. The predicted molar refractivity (Wildman–Crippen MR) is 64.5 cm³/mol. The molecule has 100 valence electrons. The van der Waals surface area contributed by atoms with Crippen LogP contribution in [0.5, 0.6) is 5.75 Å². The number of hydrogen-bond acceptors (Lipinski definition) is 3. The molecule has 0 aromatic heterocycles. The van der Waals surface area contributed by atoms with Crippen molar-refractivity contribution in [2.45, 2.75) is 37.9 Å². The number of hydrogen-bond donors (Lipinski definition) is 1. The van der Waals surface area contributed by atoms with Crippen molar-refractivity contribution in [2.75, 3.05) is 12.8 Å². The summed E-state index contributed by atoms with van der Waals surface area (Å²) >= 11 is 0. The second-order valence-electron chi connectivity index (χ2n) is 4.56. The number of rotatable bonds is 3. The summed E-state index contributed by atoms with van der Waals surface area (Å²) in [5.74, 6) is -1.39. The molecule has 0 heterocycles. The number of methoxy groups -OCH3 is 1. The van der Waals surface area contributed by atoms with Gasteiger partial charge in [-0.25, -0.2) is 8.78 Å². The van der Waals surface area contributed by atoms with Gasteiger partial charge in [0, 0.05) is 25.7 Å². The zero-order valence-corrected chi connectivity index (χ0v) is 10.3. The first-order valence-electron chi connectivity index (χ1n) is 6.04. The molecule has 0 aliphatic heterocycles. The third-order valence-corrected chi connectivity index (χ3v) is 3.26. The van der Waals surface area contributed by atoms with Gasteiger partial charge in [-0.3, -0.25) is 0 Å². The predicted octanol–water partition coefficient (Wildman–Crippen LogP) is 2.88. The van der Waals surface area contributed by atoms with Crippen LogP contribution < -0.4 is 10.5 Å². The molecule has 1 aliphatic carbocycles. The lowest BCUT2D eigenvalue weighted by molar-refractivity contribution is 0.0210. The number of anilines is 1. The maximum absolute atomic E-state index is 13.3. The van der Waals surface area contributed by atoms with Gasteiger partial charge >= 0.3 is 0 Å². The molecular formula is C13H17F2NO2. The van der Waals surface area contributed by atoms with E-state index in [2.05, 4.69) is 0 Å². The highest BCUT2D eigenvalue weighted by molar-refractivity contribution is 5.53. The van der Waals surface area contributed by atoms with Gasteiger partial charge in [0.1, 0.15) is 23.4 Å². The van der Waals surface area contributed by atoms with E-state index >= 15 is 0 Å². The second kappa shape index (κ2) is 5.52. The lowest BCUT2D eigenvalue weighted by Gasteiger charge is -2.29. The van der Waals surface area contributed by atoms with Crippen molar-refractivity contribution in [3.05, 3.63) is 23.8 Å². The molecular weight excluding hydrogens is 240 g/mol. The molecule has 5 heteroatoms. The Kier molecular flexibility index (Phi) is 4.01. The van der Waals surface area contributed by atoms with Crippen LogP contribution in [0, 0.1) is 11.6 Å². The molecule has 1 fully saturated rings. The van der Waals surface area contributed by atoms with Crippen molar-refractivity contribution in [3.63, 3.8) is 0 Å². The zero-order valence-electron chi connectivity index (χ0n) is 10.3. The van der Waals surface area contributed by atoms with Crippen molar-refractivity contribution in [3.8, 4) is 5.75 Å². The molecule has 2 N–H and O–H groups in total. The molecule has 2 unspecified atom stereocenters. The van der Waals surface area contributed by atoms with E-state index in [1.54, 1.807) is 7.11 Å². The van der Waals surface area contributed by atoms with Gasteiger partial charge in [-0.15, -0.1) is 0 Å². The van der Waals surface area contributed by atoms with Crippen LogP contribution in [0.2, 0.25) is 0 Å². The van der Waals surface area contributed by atoms with Gasteiger partial charge in [0.2, 0.25) is 0 Å². The highest BCUT2D eigenvalue weighted by Crippen LogP contribution is 2.30. The van der Waals surface area contributed by atoms with Crippen LogP contribution in [0.25, 0.3) is 0 Å². The van der Waals surface area contributed by atoms with Crippen LogP contribution in [-0.4, -0.2) is 19.3 Å². The van der Waals surface area contributed by atoms with E-state index in [-0.39, 0.29) is 23.6 Å². The number of ether oxygens (including phenoxy) is 2. The molecule has 2 rings (SSSR count). The molecule has 0 spiro atoms. The molecule has 3 nitrogen and oxygen atoms in total. The van der Waals surface area contributed by atoms with Crippen LogP contribution in [-0.2, 0) is 4.74 Å². The average molecular weight is 257 g/mol. The first-order valence-corrected chi connectivity index (χ1v) is 6.04. The number of halogens is 2. The Bertz CT molecular complexity index is 426. The van der Waals surface area contributed by atoms with E-state index in [0.29, 0.717) is 6.42 Å². The van der Waals surface area contributed by atoms with Crippen molar-refractivity contribution >= 4 is 5.69 Å². The lowest BCUT2D eigenvalue weighted by Crippen LogP contribution is -2.29. The van der Waals surface area contributed by atoms with Gasteiger partial charge in [0.05, 0.1) is 6.10 Å². The maximum Gasteiger partial charge on any atom is 0.152 e. The Morgan fingerprint density at radius 2 is 1.94 bits per heavy atom. The second-order valence-corrected chi connectivity index (χ2v) is 4.56. The summed E-state index contributed by atoms with van der Waals surface area (Å²) in [6.45, 7) is 0. The summed E-state index contributed by atoms with van der Waals surface area (Å²) in [4.78, 5) is 0. The monoisotopic (exact) mass is 257 g/mol. The minimum Gasteiger partial charge on any atom is -0.488 e. The van der Waals surface area contributed by atoms with Crippen LogP contribution in [0.3, 0.4) is 0 Å². The Morgan fingerprint density at radius 1 is 1.22 bits per heavy atom. The summed E-state index contributed by atoms with van der Waals surface area (Å²) in [6, 6.07) is 1.87. The Labute approximate surface area is 105 Å². The summed E-state index contributed by atoms with van der Waals surface area (Å²) in [5.41, 5.74) is 5.40. The normalized spacial score (nSPS) is 23.9. The van der Waals surface area contributed by atoms with Crippen molar-refractivity contribution in [1.29, 1.82) is 0 Å². The highest BCUT2D eigenvalue weighted by atomic mass is 19.1. The molecule has 1 saturated carbocycles. The highest BCUT2D eigenvalue weighted by Gasteiger charge is 2.24. The molecule has 0 amide bonds. The molecule has 0 bridgehead atoms. The molecule has 0 saturated heterocycles. The minimum atomic E-state index is -0.788. The first kappa shape index (κ1) is 13.1. The SMILES string of the molecule is COC1CCCC(Oc2cc(F)cc(F)c2N)C1. The summed E-state index contributed by atoms with van der Waals surface area (Å²) in [6.07, 6.45) is 3.56. The molecule has 1 aromatic carbocycles. The molecule has 0 radical (unpaired) electrons. The number of nitrogens with two attached hydrogens (primary N) is 1. The topological polar surface area (TPSA) is 44.5 Å². The minimum absolute atomic E-state index is 0.0780. The van der Waals surface area contributed by atoms with Crippen LogP contribution >= 0.6 is 0 Å². The molecule has 1 aliphatic rings. The summed E-state index contributed by atoms with van der Waals surface area (Å²) < 4.78 is 37.2. The fourth-order valence-corrected chi connectivity index (χ4v) is 2.26. The largest absolute Gasteiger partial charge is 0.488 e. The van der Waals surface area contributed by atoms with Crippen molar-refractivity contribution < 1.29 is 18.3 Å².